The predicted octanol–water partition coefficient (Wildman–Crippen LogP) is 4.10. The first kappa shape index (κ1) is 22.2. The van der Waals surface area contributed by atoms with Crippen LogP contribution < -0.4 is 20.7 Å². The molecule has 2 aliphatic rings. The zero-order valence-corrected chi connectivity index (χ0v) is 20.3. The Morgan fingerprint density at radius 2 is 1.94 bits per heavy atom. The van der Waals surface area contributed by atoms with Crippen LogP contribution in [0.3, 0.4) is 0 Å². The van der Waals surface area contributed by atoms with Crippen LogP contribution in [0.25, 0.3) is 11.0 Å². The van der Waals surface area contributed by atoms with E-state index in [1.54, 1.807) is 22.7 Å². The van der Waals surface area contributed by atoms with Crippen molar-refractivity contribution >= 4 is 40.1 Å². The van der Waals surface area contributed by atoms with Gasteiger partial charge in [0.25, 0.3) is 5.56 Å². The molecule has 3 heterocycles. The highest BCUT2D eigenvalue weighted by atomic mass is 16.6. The van der Waals surface area contributed by atoms with E-state index >= 15 is 0 Å². The van der Waals surface area contributed by atoms with Crippen molar-refractivity contribution in [2.45, 2.75) is 52.2 Å². The lowest BCUT2D eigenvalue weighted by molar-refractivity contribution is 0.0580. The summed E-state index contributed by atoms with van der Waals surface area (Å²) < 4.78 is 7.22. The molecule has 3 aromatic rings. The molecule has 0 saturated heterocycles. The highest BCUT2D eigenvalue weighted by molar-refractivity contribution is 5.97. The molecule has 9 heteroatoms. The fourth-order valence-electron chi connectivity index (χ4n) is 4.30. The molecule has 0 bridgehead atoms. The molecule has 2 aromatic heterocycles. The van der Waals surface area contributed by atoms with E-state index in [1.807, 2.05) is 56.9 Å². The van der Waals surface area contributed by atoms with Gasteiger partial charge in [0, 0.05) is 37.8 Å². The Hall–Kier alpha value is -3.62. The minimum Gasteiger partial charge on any atom is -0.443 e. The van der Waals surface area contributed by atoms with Crippen LogP contribution in [0, 0.1) is 6.92 Å². The van der Waals surface area contributed by atoms with Crippen molar-refractivity contribution in [3.05, 3.63) is 46.4 Å². The number of fused-ring (bicyclic) bond motifs is 2. The van der Waals surface area contributed by atoms with Crippen LogP contribution in [0.5, 0.6) is 0 Å². The molecule has 1 saturated carbocycles. The molecule has 1 fully saturated rings. The van der Waals surface area contributed by atoms with Crippen LogP contribution in [-0.4, -0.2) is 45.4 Å². The van der Waals surface area contributed by atoms with E-state index in [0.717, 1.165) is 35.2 Å². The van der Waals surface area contributed by atoms with Gasteiger partial charge in [0.1, 0.15) is 16.9 Å². The maximum atomic E-state index is 13.5. The molecule has 0 spiro atoms. The molecule has 1 aliphatic carbocycles. The lowest BCUT2D eigenvalue weighted by Crippen LogP contribution is -2.46. The van der Waals surface area contributed by atoms with Crippen molar-refractivity contribution in [3.63, 3.8) is 0 Å². The van der Waals surface area contributed by atoms with E-state index in [9.17, 15) is 9.59 Å². The number of para-hydroxylation sites is 1. The van der Waals surface area contributed by atoms with Gasteiger partial charge in [-0.25, -0.2) is 9.78 Å². The van der Waals surface area contributed by atoms with Gasteiger partial charge in [0.2, 0.25) is 5.95 Å². The van der Waals surface area contributed by atoms with E-state index in [1.165, 1.54) is 0 Å². The Labute approximate surface area is 198 Å². The van der Waals surface area contributed by atoms with Gasteiger partial charge in [-0.05, 0) is 58.2 Å². The third-order valence-corrected chi connectivity index (χ3v) is 6.07. The van der Waals surface area contributed by atoms with E-state index in [4.69, 9.17) is 4.74 Å². The topological polar surface area (TPSA) is 92.6 Å². The Morgan fingerprint density at radius 1 is 1.18 bits per heavy atom. The summed E-state index contributed by atoms with van der Waals surface area (Å²) in [5, 5.41) is 4.07. The lowest BCUT2D eigenvalue weighted by Gasteiger charge is -2.39. The average Bonchev–Trinajstić information content (AvgIpc) is 3.59. The number of carbonyl (C=O) groups excluding carboxylic acids is 1. The number of amides is 1. The molecule has 0 unspecified atom stereocenters. The molecule has 9 nitrogen and oxygen atoms in total. The second-order valence-electron chi connectivity index (χ2n) is 10.0. The number of hydrogen-bond acceptors (Lipinski definition) is 7. The lowest BCUT2D eigenvalue weighted by atomic mass is 10.1. The number of benzene rings is 1. The van der Waals surface area contributed by atoms with Crippen LogP contribution in [0.4, 0.5) is 27.8 Å². The summed E-state index contributed by atoms with van der Waals surface area (Å²) in [6.07, 6.45) is 3.60. The van der Waals surface area contributed by atoms with Crippen LogP contribution >= 0.6 is 0 Å². The Kier molecular flexibility index (Phi) is 5.22. The summed E-state index contributed by atoms with van der Waals surface area (Å²) in [4.78, 5) is 39.1. The number of carbonyl (C=O) groups is 1. The van der Waals surface area contributed by atoms with Crippen molar-refractivity contribution in [1.29, 1.82) is 0 Å². The first-order chi connectivity index (χ1) is 16.1. The number of pyridine rings is 1. The Morgan fingerprint density at radius 3 is 2.65 bits per heavy atom. The molecule has 1 amide bonds. The number of aromatic nitrogens is 3. The van der Waals surface area contributed by atoms with Crippen LogP contribution in [-0.2, 0) is 11.8 Å². The largest absolute Gasteiger partial charge is 0.443 e. The zero-order chi connectivity index (χ0) is 24.2. The monoisotopic (exact) mass is 462 g/mol. The highest BCUT2D eigenvalue weighted by Crippen LogP contribution is 2.40. The summed E-state index contributed by atoms with van der Waals surface area (Å²) >= 11 is 0. The number of rotatable bonds is 3. The number of anilines is 4. The summed E-state index contributed by atoms with van der Waals surface area (Å²) in [5.41, 5.74) is 2.85. The number of hydrogen-bond donors (Lipinski definition) is 1. The summed E-state index contributed by atoms with van der Waals surface area (Å²) in [6.45, 7) is 8.37. The minimum atomic E-state index is -0.599. The number of nitrogens with one attached hydrogen (secondary N) is 1. The molecule has 1 N–H and O–H groups in total. The SMILES string of the molecule is Cc1cccc2c1N(C(=O)OC(C)(C)C)CCN2c1cc2cnc(NC3CC3)nc2n(C)c1=O. The molecule has 1 aliphatic heterocycles. The van der Waals surface area contributed by atoms with E-state index in [0.29, 0.717) is 36.4 Å². The normalized spacial score (nSPS) is 15.9. The molecule has 0 radical (unpaired) electrons. The molecule has 34 heavy (non-hydrogen) atoms. The summed E-state index contributed by atoms with van der Waals surface area (Å²) in [5.74, 6) is 0.546. The standard InChI is InChI=1S/C25H30N6O3/c1-15-7-6-8-18-20(15)31(24(33)34-25(2,3)4)12-11-30(18)19-13-16-14-26-23(27-17-9-10-17)28-21(16)29(5)22(19)32/h6-8,13-14,17H,9-12H2,1-5H3,(H,26,27,28). The third kappa shape index (κ3) is 4.06. The van der Waals surface area contributed by atoms with E-state index < -0.39 is 11.7 Å². The van der Waals surface area contributed by atoms with Gasteiger partial charge in [-0.3, -0.25) is 14.3 Å². The van der Waals surface area contributed by atoms with Crippen LogP contribution in [0.2, 0.25) is 0 Å². The van der Waals surface area contributed by atoms with Crippen molar-refractivity contribution < 1.29 is 9.53 Å². The third-order valence-electron chi connectivity index (χ3n) is 6.07. The fourth-order valence-corrected chi connectivity index (χ4v) is 4.30. The first-order valence-electron chi connectivity index (χ1n) is 11.6. The second kappa shape index (κ2) is 8.00. The van der Waals surface area contributed by atoms with Crippen LogP contribution in [0.15, 0.2) is 35.3 Å². The van der Waals surface area contributed by atoms with Gasteiger partial charge in [0.05, 0.1) is 11.4 Å². The average molecular weight is 463 g/mol. The van der Waals surface area contributed by atoms with Crippen molar-refractivity contribution in [2.24, 2.45) is 7.05 Å². The van der Waals surface area contributed by atoms with Gasteiger partial charge >= 0.3 is 6.09 Å². The molecule has 1 aromatic carbocycles. The van der Waals surface area contributed by atoms with Gasteiger partial charge in [-0.2, -0.15) is 4.98 Å². The van der Waals surface area contributed by atoms with Crippen molar-refractivity contribution in [1.82, 2.24) is 14.5 Å². The summed E-state index contributed by atoms with van der Waals surface area (Å²) in [7, 11) is 1.73. The predicted molar refractivity (Wildman–Crippen MR) is 133 cm³/mol. The van der Waals surface area contributed by atoms with E-state index in [2.05, 4.69) is 15.3 Å². The molecular weight excluding hydrogens is 432 g/mol. The highest BCUT2D eigenvalue weighted by Gasteiger charge is 2.33. The van der Waals surface area contributed by atoms with Crippen molar-refractivity contribution in [3.8, 4) is 0 Å². The van der Waals surface area contributed by atoms with Gasteiger partial charge in [-0.1, -0.05) is 12.1 Å². The van der Waals surface area contributed by atoms with Gasteiger partial charge in [-0.15, -0.1) is 0 Å². The molecule has 178 valence electrons. The molecular formula is C25H30N6O3. The number of nitrogens with zero attached hydrogens (tertiary/aromatic N) is 5. The van der Waals surface area contributed by atoms with Crippen LogP contribution in [0.1, 0.15) is 39.2 Å². The fraction of sp³-hybridized carbons (Fsp3) is 0.440. The maximum absolute atomic E-state index is 13.5. The smallest absolute Gasteiger partial charge is 0.414 e. The Bertz CT molecular complexity index is 1340. The molecule has 0 atom stereocenters. The van der Waals surface area contributed by atoms with Gasteiger partial charge in [0.15, 0.2) is 0 Å². The van der Waals surface area contributed by atoms with Crippen molar-refractivity contribution in [2.75, 3.05) is 28.2 Å². The zero-order valence-electron chi connectivity index (χ0n) is 20.3. The van der Waals surface area contributed by atoms with E-state index in [-0.39, 0.29) is 5.56 Å². The number of ether oxygens (including phenoxy) is 1. The Balaban J connectivity index is 1.57. The maximum Gasteiger partial charge on any atom is 0.414 e. The summed E-state index contributed by atoms with van der Waals surface area (Å²) in [6, 6.07) is 8.09. The molecule has 5 rings (SSSR count). The second-order valence-corrected chi connectivity index (χ2v) is 10.0. The van der Waals surface area contributed by atoms with Gasteiger partial charge < -0.3 is 15.0 Å². The first-order valence-corrected chi connectivity index (χ1v) is 11.6. The minimum absolute atomic E-state index is 0.151. The number of aryl methyl sites for hydroxylation is 2. The quantitative estimate of drug-likeness (QED) is 0.626.